The Bertz CT molecular complexity index is 405. The van der Waals surface area contributed by atoms with Crippen LogP contribution in [0.5, 0.6) is 0 Å². The maximum absolute atomic E-state index is 13.2. The molecule has 1 aromatic rings. The zero-order chi connectivity index (χ0) is 13.6. The van der Waals surface area contributed by atoms with E-state index in [2.05, 4.69) is 25.7 Å². The molecule has 100 valence electrons. The first-order chi connectivity index (χ1) is 8.50. The minimum atomic E-state index is -0.248. The Morgan fingerprint density at radius 3 is 2.83 bits per heavy atom. The van der Waals surface area contributed by atoms with Crippen LogP contribution in [0, 0.1) is 11.2 Å². The summed E-state index contributed by atoms with van der Waals surface area (Å²) < 4.78 is 13.2. The molecule has 0 aliphatic rings. The number of hydrogen-bond acceptors (Lipinski definition) is 1. The highest BCUT2D eigenvalue weighted by Gasteiger charge is 2.21. The Labute approximate surface area is 114 Å². The SMILES string of the molecule is C=CC(C)(CNCCC)Cc1cc(F)ccc1Cl. The van der Waals surface area contributed by atoms with Gasteiger partial charge in [0.15, 0.2) is 0 Å². The van der Waals surface area contributed by atoms with Crippen molar-refractivity contribution in [1.29, 1.82) is 0 Å². The van der Waals surface area contributed by atoms with E-state index in [0.29, 0.717) is 11.4 Å². The average molecular weight is 270 g/mol. The van der Waals surface area contributed by atoms with Crippen LogP contribution in [0.25, 0.3) is 0 Å². The van der Waals surface area contributed by atoms with E-state index < -0.39 is 0 Å². The molecule has 0 spiro atoms. The van der Waals surface area contributed by atoms with Crippen LogP contribution in [0.15, 0.2) is 30.9 Å². The van der Waals surface area contributed by atoms with Crippen molar-refractivity contribution >= 4 is 11.6 Å². The van der Waals surface area contributed by atoms with Crippen molar-refractivity contribution in [2.75, 3.05) is 13.1 Å². The van der Waals surface area contributed by atoms with Crippen molar-refractivity contribution in [1.82, 2.24) is 5.32 Å². The highest BCUT2D eigenvalue weighted by Crippen LogP contribution is 2.28. The van der Waals surface area contributed by atoms with Gasteiger partial charge in [0.2, 0.25) is 0 Å². The third kappa shape index (κ3) is 4.43. The van der Waals surface area contributed by atoms with Gasteiger partial charge in [0, 0.05) is 17.0 Å². The van der Waals surface area contributed by atoms with Gasteiger partial charge in [0.1, 0.15) is 5.82 Å². The molecule has 1 atom stereocenters. The summed E-state index contributed by atoms with van der Waals surface area (Å²) >= 11 is 6.10. The van der Waals surface area contributed by atoms with Crippen LogP contribution in [0.1, 0.15) is 25.8 Å². The van der Waals surface area contributed by atoms with E-state index >= 15 is 0 Å². The summed E-state index contributed by atoms with van der Waals surface area (Å²) in [6.45, 7) is 9.90. The summed E-state index contributed by atoms with van der Waals surface area (Å²) in [6.07, 6.45) is 3.69. The lowest BCUT2D eigenvalue weighted by atomic mass is 9.83. The number of halogens is 2. The zero-order valence-corrected chi connectivity index (χ0v) is 11.9. The van der Waals surface area contributed by atoms with Gasteiger partial charge in [0.25, 0.3) is 0 Å². The van der Waals surface area contributed by atoms with Gasteiger partial charge in [-0.1, -0.05) is 31.5 Å². The maximum atomic E-state index is 13.2. The lowest BCUT2D eigenvalue weighted by Crippen LogP contribution is -2.32. The van der Waals surface area contributed by atoms with Gasteiger partial charge in [-0.2, -0.15) is 0 Å². The van der Waals surface area contributed by atoms with Gasteiger partial charge in [-0.15, -0.1) is 6.58 Å². The molecule has 1 aromatic carbocycles. The monoisotopic (exact) mass is 269 g/mol. The van der Waals surface area contributed by atoms with E-state index in [9.17, 15) is 4.39 Å². The van der Waals surface area contributed by atoms with Crippen molar-refractivity contribution in [3.63, 3.8) is 0 Å². The molecule has 1 rings (SSSR count). The van der Waals surface area contributed by atoms with Gasteiger partial charge in [0.05, 0.1) is 0 Å². The van der Waals surface area contributed by atoms with E-state index in [1.54, 1.807) is 6.07 Å². The third-order valence-corrected chi connectivity index (χ3v) is 3.42. The van der Waals surface area contributed by atoms with Crippen LogP contribution >= 0.6 is 11.6 Å². The Hall–Kier alpha value is -0.860. The molecule has 0 aromatic heterocycles. The summed E-state index contributed by atoms with van der Waals surface area (Å²) in [4.78, 5) is 0. The van der Waals surface area contributed by atoms with Gasteiger partial charge in [-0.05, 0) is 43.1 Å². The number of benzene rings is 1. The van der Waals surface area contributed by atoms with Crippen molar-refractivity contribution in [2.45, 2.75) is 26.7 Å². The van der Waals surface area contributed by atoms with Crippen LogP contribution in [-0.2, 0) is 6.42 Å². The van der Waals surface area contributed by atoms with Crippen molar-refractivity contribution in [2.24, 2.45) is 5.41 Å². The predicted octanol–water partition coefficient (Wildman–Crippen LogP) is 4.21. The summed E-state index contributed by atoms with van der Waals surface area (Å²) in [5, 5.41) is 3.98. The summed E-state index contributed by atoms with van der Waals surface area (Å²) in [5.41, 5.74) is 0.712. The maximum Gasteiger partial charge on any atom is 0.123 e. The normalized spacial score (nSPS) is 14.2. The highest BCUT2D eigenvalue weighted by atomic mass is 35.5. The zero-order valence-electron chi connectivity index (χ0n) is 11.1. The minimum absolute atomic E-state index is 0.118. The lowest BCUT2D eigenvalue weighted by molar-refractivity contribution is 0.391. The summed E-state index contributed by atoms with van der Waals surface area (Å²) in [5.74, 6) is -0.248. The van der Waals surface area contributed by atoms with Gasteiger partial charge in [-0.25, -0.2) is 4.39 Å². The highest BCUT2D eigenvalue weighted by molar-refractivity contribution is 6.31. The molecule has 0 saturated heterocycles. The first-order valence-electron chi connectivity index (χ1n) is 6.29. The fraction of sp³-hybridized carbons (Fsp3) is 0.467. The van der Waals surface area contributed by atoms with Crippen LogP contribution < -0.4 is 5.32 Å². The lowest BCUT2D eigenvalue weighted by Gasteiger charge is -2.26. The summed E-state index contributed by atoms with van der Waals surface area (Å²) in [6, 6.07) is 4.49. The Kier molecular flexibility index (Phi) is 5.83. The largest absolute Gasteiger partial charge is 0.316 e. The molecular formula is C15H21ClFN. The Morgan fingerprint density at radius 1 is 1.50 bits per heavy atom. The van der Waals surface area contributed by atoms with Crippen molar-refractivity contribution in [3.05, 3.63) is 47.3 Å². The van der Waals surface area contributed by atoms with E-state index in [1.165, 1.54) is 12.1 Å². The first kappa shape index (κ1) is 15.2. The minimum Gasteiger partial charge on any atom is -0.316 e. The standard InChI is InChI=1S/C15H21ClFN/c1-4-8-18-11-15(3,5-2)10-12-9-13(17)6-7-14(12)16/h5-7,9,18H,2,4,8,10-11H2,1,3H3. The fourth-order valence-corrected chi connectivity index (χ4v) is 2.06. The molecule has 0 bridgehead atoms. The summed E-state index contributed by atoms with van der Waals surface area (Å²) in [7, 11) is 0. The number of hydrogen-bond donors (Lipinski definition) is 1. The average Bonchev–Trinajstić information content (AvgIpc) is 2.34. The molecule has 0 fully saturated rings. The molecule has 0 saturated carbocycles. The molecule has 3 heteroatoms. The third-order valence-electron chi connectivity index (χ3n) is 3.05. The fourth-order valence-electron chi connectivity index (χ4n) is 1.87. The first-order valence-corrected chi connectivity index (χ1v) is 6.67. The smallest absolute Gasteiger partial charge is 0.123 e. The topological polar surface area (TPSA) is 12.0 Å². The van der Waals surface area contributed by atoms with E-state index in [1.807, 2.05) is 6.08 Å². The molecule has 0 amide bonds. The van der Waals surface area contributed by atoms with Gasteiger partial charge < -0.3 is 5.32 Å². The van der Waals surface area contributed by atoms with Gasteiger partial charge >= 0.3 is 0 Å². The van der Waals surface area contributed by atoms with E-state index in [4.69, 9.17) is 11.6 Å². The molecule has 0 aliphatic carbocycles. The van der Waals surface area contributed by atoms with Crippen molar-refractivity contribution < 1.29 is 4.39 Å². The van der Waals surface area contributed by atoms with Crippen LogP contribution in [-0.4, -0.2) is 13.1 Å². The molecular weight excluding hydrogens is 249 g/mol. The number of nitrogens with one attached hydrogen (secondary N) is 1. The second-order valence-corrected chi connectivity index (χ2v) is 5.35. The van der Waals surface area contributed by atoms with Crippen LogP contribution in [0.4, 0.5) is 4.39 Å². The molecule has 0 aliphatic heterocycles. The Morgan fingerprint density at radius 2 is 2.22 bits per heavy atom. The number of rotatable bonds is 7. The Balaban J connectivity index is 2.77. The quantitative estimate of drug-likeness (QED) is 0.577. The molecule has 1 nitrogen and oxygen atoms in total. The van der Waals surface area contributed by atoms with E-state index in [0.717, 1.165) is 25.1 Å². The molecule has 18 heavy (non-hydrogen) atoms. The molecule has 0 heterocycles. The molecule has 1 N–H and O–H groups in total. The van der Waals surface area contributed by atoms with Crippen LogP contribution in [0.2, 0.25) is 5.02 Å². The van der Waals surface area contributed by atoms with E-state index in [-0.39, 0.29) is 11.2 Å². The second-order valence-electron chi connectivity index (χ2n) is 4.95. The molecule has 0 radical (unpaired) electrons. The molecule has 1 unspecified atom stereocenters. The van der Waals surface area contributed by atoms with Crippen molar-refractivity contribution in [3.8, 4) is 0 Å². The predicted molar refractivity (Wildman–Crippen MR) is 76.6 cm³/mol. The van der Waals surface area contributed by atoms with Gasteiger partial charge in [-0.3, -0.25) is 0 Å². The second kappa shape index (κ2) is 6.91. The van der Waals surface area contributed by atoms with Crippen LogP contribution in [0.3, 0.4) is 0 Å².